The Balaban J connectivity index is 1.61. The van der Waals surface area contributed by atoms with Gasteiger partial charge in [-0.05, 0) is 72.8 Å². The van der Waals surface area contributed by atoms with Crippen LogP contribution in [0.15, 0.2) is 77.7 Å². The summed E-state index contributed by atoms with van der Waals surface area (Å²) in [6, 6.07) is 17.3. The molecule has 3 aromatic rings. The third kappa shape index (κ3) is 5.52. The smallest absolute Gasteiger partial charge is 0.349 e. The second-order valence-corrected chi connectivity index (χ2v) is 8.33. The molecule has 0 saturated heterocycles. The Morgan fingerprint density at radius 3 is 2.00 bits per heavy atom. The Morgan fingerprint density at radius 1 is 0.871 bits per heavy atom. The van der Waals surface area contributed by atoms with E-state index in [4.69, 9.17) is 14.2 Å². The van der Waals surface area contributed by atoms with Crippen LogP contribution in [-0.2, 0) is 14.8 Å². The third-order valence-corrected chi connectivity index (χ3v) is 6.12. The van der Waals surface area contributed by atoms with Gasteiger partial charge in [-0.3, -0.25) is 4.31 Å². The molecule has 3 aromatic carbocycles. The van der Waals surface area contributed by atoms with Crippen molar-refractivity contribution >= 4 is 21.7 Å². The number of methoxy groups -OCH3 is 1. The summed E-state index contributed by atoms with van der Waals surface area (Å²) in [6.07, 6.45) is 0. The zero-order valence-corrected chi connectivity index (χ0v) is 17.6. The van der Waals surface area contributed by atoms with E-state index in [0.717, 1.165) is 4.31 Å². The number of carbonyl (C=O) groups excluding carboxylic acids is 1. The van der Waals surface area contributed by atoms with Gasteiger partial charge in [-0.1, -0.05) is 0 Å². The van der Waals surface area contributed by atoms with Gasteiger partial charge < -0.3 is 14.2 Å². The first-order chi connectivity index (χ1) is 14.8. The van der Waals surface area contributed by atoms with Crippen LogP contribution < -0.4 is 18.5 Å². The lowest BCUT2D eigenvalue weighted by molar-refractivity contribution is -0.136. The minimum Gasteiger partial charge on any atom is -0.497 e. The zero-order chi connectivity index (χ0) is 22.4. The Morgan fingerprint density at radius 2 is 1.42 bits per heavy atom. The summed E-state index contributed by atoms with van der Waals surface area (Å²) in [5.74, 6) is 0.0483. The number of anilines is 1. The maximum Gasteiger partial charge on any atom is 0.349 e. The molecule has 0 radical (unpaired) electrons. The van der Waals surface area contributed by atoms with Crippen molar-refractivity contribution in [3.05, 3.63) is 78.6 Å². The molecule has 0 aliphatic carbocycles. The highest BCUT2D eigenvalue weighted by Gasteiger charge is 2.21. The number of halogens is 1. The first kappa shape index (κ1) is 22.1. The van der Waals surface area contributed by atoms with Crippen molar-refractivity contribution in [1.82, 2.24) is 0 Å². The molecule has 0 aliphatic heterocycles. The minimum absolute atomic E-state index is 0.115. The van der Waals surface area contributed by atoms with Crippen molar-refractivity contribution in [3.63, 3.8) is 0 Å². The van der Waals surface area contributed by atoms with E-state index in [1.807, 2.05) is 0 Å². The van der Waals surface area contributed by atoms with Gasteiger partial charge in [0.1, 0.15) is 23.1 Å². The zero-order valence-electron chi connectivity index (χ0n) is 16.8. The molecule has 162 valence electrons. The van der Waals surface area contributed by atoms with Crippen molar-refractivity contribution in [2.45, 2.75) is 4.90 Å². The molecule has 0 N–H and O–H groups in total. The largest absolute Gasteiger partial charge is 0.497 e. The number of hydrogen-bond acceptors (Lipinski definition) is 6. The molecule has 7 nitrogen and oxygen atoms in total. The Kier molecular flexibility index (Phi) is 6.76. The van der Waals surface area contributed by atoms with Crippen LogP contribution in [0, 0.1) is 5.82 Å². The normalized spacial score (nSPS) is 10.9. The van der Waals surface area contributed by atoms with E-state index in [2.05, 4.69) is 0 Å². The van der Waals surface area contributed by atoms with Crippen LogP contribution in [-0.4, -0.2) is 35.2 Å². The van der Waals surface area contributed by atoms with Crippen LogP contribution in [0.25, 0.3) is 0 Å². The molecule has 0 atom stereocenters. The molecule has 0 aromatic heterocycles. The van der Waals surface area contributed by atoms with E-state index < -0.39 is 21.8 Å². The van der Waals surface area contributed by atoms with Crippen molar-refractivity contribution < 1.29 is 31.8 Å². The molecule has 3 rings (SSSR count). The van der Waals surface area contributed by atoms with Crippen LogP contribution in [0.5, 0.6) is 17.2 Å². The maximum absolute atomic E-state index is 12.9. The molecule has 9 heteroatoms. The summed E-state index contributed by atoms with van der Waals surface area (Å²) in [4.78, 5) is 12.0. The molecule has 0 amide bonds. The molecule has 0 bridgehead atoms. The van der Waals surface area contributed by atoms with Crippen molar-refractivity contribution in [1.29, 1.82) is 0 Å². The van der Waals surface area contributed by atoms with Gasteiger partial charge in [0.25, 0.3) is 10.0 Å². The Hall–Kier alpha value is -3.59. The first-order valence-corrected chi connectivity index (χ1v) is 10.6. The number of rotatable bonds is 8. The van der Waals surface area contributed by atoms with Crippen LogP contribution in [0.2, 0.25) is 0 Å². The van der Waals surface area contributed by atoms with Crippen LogP contribution in [0.1, 0.15) is 0 Å². The summed E-state index contributed by atoms with van der Waals surface area (Å²) < 4.78 is 55.0. The lowest BCUT2D eigenvalue weighted by Crippen LogP contribution is -2.26. The van der Waals surface area contributed by atoms with E-state index >= 15 is 0 Å². The average molecular weight is 445 g/mol. The highest BCUT2D eigenvalue weighted by atomic mass is 32.2. The lowest BCUT2D eigenvalue weighted by Gasteiger charge is -2.20. The number of nitrogens with zero attached hydrogens (tertiary/aromatic N) is 1. The molecule has 0 aliphatic rings. The van der Waals surface area contributed by atoms with Crippen molar-refractivity contribution in [2.24, 2.45) is 0 Å². The Labute approximate surface area is 179 Å². The SMILES string of the molecule is COc1ccc(S(=O)(=O)N(C)c2ccc(OC(=O)COc3ccc(F)cc3)cc2)cc1. The summed E-state index contributed by atoms with van der Waals surface area (Å²) in [5, 5.41) is 0. The lowest BCUT2D eigenvalue weighted by atomic mass is 10.3. The number of benzene rings is 3. The molecular weight excluding hydrogens is 425 g/mol. The fraction of sp³-hybridized carbons (Fsp3) is 0.136. The standard InChI is InChI=1S/C22H20FNO6S/c1-24(31(26,27)21-13-11-18(28-2)12-14-21)17-5-9-20(10-6-17)30-22(25)15-29-19-7-3-16(23)4-8-19/h3-14H,15H2,1-2H3. The third-order valence-electron chi connectivity index (χ3n) is 4.32. The summed E-state index contributed by atoms with van der Waals surface area (Å²) in [5.41, 5.74) is 0.387. The van der Waals surface area contributed by atoms with Crippen molar-refractivity contribution in [2.75, 3.05) is 25.1 Å². The molecular formula is C22H20FNO6S. The van der Waals surface area contributed by atoms with Crippen molar-refractivity contribution in [3.8, 4) is 17.2 Å². The topological polar surface area (TPSA) is 82.1 Å². The van der Waals surface area contributed by atoms with Gasteiger partial charge in [0, 0.05) is 7.05 Å². The van der Waals surface area contributed by atoms with Gasteiger partial charge >= 0.3 is 5.97 Å². The number of ether oxygens (including phenoxy) is 3. The maximum atomic E-state index is 12.9. The van der Waals surface area contributed by atoms with Crippen LogP contribution in [0.3, 0.4) is 0 Å². The minimum atomic E-state index is -3.77. The molecule has 31 heavy (non-hydrogen) atoms. The highest BCUT2D eigenvalue weighted by molar-refractivity contribution is 7.92. The predicted octanol–water partition coefficient (Wildman–Crippen LogP) is 3.64. The highest BCUT2D eigenvalue weighted by Crippen LogP contribution is 2.25. The Bertz CT molecular complexity index is 1130. The summed E-state index contributed by atoms with van der Waals surface area (Å²) in [7, 11) is -0.845. The summed E-state index contributed by atoms with van der Waals surface area (Å²) in [6.45, 7) is -0.362. The van der Waals surface area contributed by atoms with Crippen LogP contribution in [0.4, 0.5) is 10.1 Å². The molecule has 0 saturated carbocycles. The van der Waals surface area contributed by atoms with Gasteiger partial charge in [-0.25, -0.2) is 17.6 Å². The molecule has 0 heterocycles. The van der Waals surface area contributed by atoms with E-state index in [1.54, 1.807) is 12.1 Å². The van der Waals surface area contributed by atoms with Gasteiger partial charge in [0.2, 0.25) is 0 Å². The molecule has 0 fully saturated rings. The van der Waals surface area contributed by atoms with Gasteiger partial charge in [-0.2, -0.15) is 0 Å². The number of esters is 1. The van der Waals surface area contributed by atoms with Gasteiger partial charge in [-0.15, -0.1) is 0 Å². The average Bonchev–Trinajstić information content (AvgIpc) is 2.78. The van der Waals surface area contributed by atoms with E-state index in [-0.39, 0.29) is 17.3 Å². The molecule has 0 spiro atoms. The number of hydrogen-bond donors (Lipinski definition) is 0. The monoisotopic (exact) mass is 445 g/mol. The quantitative estimate of drug-likeness (QED) is 0.389. The second kappa shape index (κ2) is 9.48. The predicted molar refractivity (Wildman–Crippen MR) is 113 cm³/mol. The van der Waals surface area contributed by atoms with E-state index in [0.29, 0.717) is 17.2 Å². The first-order valence-electron chi connectivity index (χ1n) is 9.12. The number of sulfonamides is 1. The van der Waals surface area contributed by atoms with Gasteiger partial charge in [0.15, 0.2) is 6.61 Å². The second-order valence-electron chi connectivity index (χ2n) is 6.36. The summed E-state index contributed by atoms with van der Waals surface area (Å²) >= 11 is 0. The fourth-order valence-electron chi connectivity index (χ4n) is 2.60. The number of carbonyl (C=O) groups is 1. The molecule has 0 unspecified atom stereocenters. The van der Waals surface area contributed by atoms with Crippen LogP contribution >= 0.6 is 0 Å². The van der Waals surface area contributed by atoms with E-state index in [1.165, 1.54) is 74.8 Å². The van der Waals surface area contributed by atoms with E-state index in [9.17, 15) is 17.6 Å². The van der Waals surface area contributed by atoms with Gasteiger partial charge in [0.05, 0.1) is 17.7 Å². The fourth-order valence-corrected chi connectivity index (χ4v) is 3.80.